The van der Waals surface area contributed by atoms with E-state index in [0.29, 0.717) is 22.3 Å². The molecule has 0 saturated heterocycles. The fraction of sp³-hybridized carbons (Fsp3) is 0.125. The fourth-order valence-corrected chi connectivity index (χ4v) is 4.75. The van der Waals surface area contributed by atoms with Gasteiger partial charge in [0.1, 0.15) is 0 Å². The Labute approximate surface area is 200 Å². The van der Waals surface area contributed by atoms with E-state index in [4.69, 9.17) is 0 Å². The molecular weight excluding hydrogens is 416 g/mol. The number of hydrogen-bond acceptors (Lipinski definition) is 2. The highest BCUT2D eigenvalue weighted by atomic mass is 16.3. The smallest absolute Gasteiger partial charge is 0.178 e. The molecule has 1 aliphatic rings. The summed E-state index contributed by atoms with van der Waals surface area (Å²) in [6, 6.07) is 30.5. The molecule has 0 amide bonds. The zero-order valence-electron chi connectivity index (χ0n) is 19.1. The lowest BCUT2D eigenvalue weighted by Gasteiger charge is -2.41. The Bertz CT molecular complexity index is 1380. The van der Waals surface area contributed by atoms with Crippen LogP contribution in [0.25, 0.3) is 0 Å². The minimum Gasteiger partial charge on any atom is -0.369 e. The molecule has 2 nitrogen and oxygen atoms in total. The third-order valence-corrected chi connectivity index (χ3v) is 6.38. The van der Waals surface area contributed by atoms with Crippen LogP contribution in [-0.4, -0.2) is 10.2 Å². The van der Waals surface area contributed by atoms with Crippen LogP contribution in [0.3, 0.4) is 0 Å². The van der Waals surface area contributed by atoms with E-state index < -0.39 is 11.2 Å². The van der Waals surface area contributed by atoms with Crippen molar-refractivity contribution in [2.75, 3.05) is 0 Å². The van der Waals surface area contributed by atoms with E-state index in [0.717, 1.165) is 22.3 Å². The summed E-state index contributed by atoms with van der Waals surface area (Å²) in [7, 11) is 0. The van der Waals surface area contributed by atoms with E-state index in [1.165, 1.54) is 0 Å². The van der Waals surface area contributed by atoms with Gasteiger partial charge in [-0.15, -0.1) is 0 Å². The second-order valence-corrected chi connectivity index (χ2v) is 8.65. The van der Waals surface area contributed by atoms with Crippen molar-refractivity contribution in [2.45, 2.75) is 25.0 Å². The summed E-state index contributed by atoms with van der Waals surface area (Å²) in [5.41, 5.74) is 2.40. The number of aryl methyl sites for hydroxylation is 2. The Kier molecular flexibility index (Phi) is 5.35. The topological polar surface area (TPSA) is 40.5 Å². The van der Waals surface area contributed by atoms with Crippen molar-refractivity contribution in [3.05, 3.63) is 142 Å². The van der Waals surface area contributed by atoms with Crippen LogP contribution in [0.1, 0.15) is 44.5 Å². The van der Waals surface area contributed by atoms with Gasteiger partial charge in [0.05, 0.1) is 0 Å². The van der Waals surface area contributed by atoms with E-state index in [2.05, 4.69) is 23.7 Å². The van der Waals surface area contributed by atoms with Crippen LogP contribution >= 0.6 is 0 Å². The average Bonchev–Trinajstić information content (AvgIpc) is 2.88. The summed E-state index contributed by atoms with van der Waals surface area (Å²) in [5.74, 6) is 12.6. The molecule has 2 N–H and O–H groups in total. The van der Waals surface area contributed by atoms with Crippen molar-refractivity contribution >= 4 is 0 Å². The highest BCUT2D eigenvalue weighted by Crippen LogP contribution is 2.49. The molecule has 1 aliphatic carbocycles. The van der Waals surface area contributed by atoms with E-state index in [9.17, 15) is 10.2 Å². The maximum atomic E-state index is 12.2. The highest BCUT2D eigenvalue weighted by molar-refractivity contribution is 5.68. The van der Waals surface area contributed by atoms with Gasteiger partial charge >= 0.3 is 0 Å². The predicted octanol–water partition coefficient (Wildman–Crippen LogP) is 5.19. The first-order chi connectivity index (χ1) is 16.4. The van der Waals surface area contributed by atoms with Crippen molar-refractivity contribution in [2.24, 2.45) is 0 Å². The number of fused-ring (bicyclic) bond motifs is 2. The molecule has 0 spiro atoms. The lowest BCUT2D eigenvalue weighted by atomic mass is 9.65. The number of rotatable bonds is 0. The third-order valence-electron chi connectivity index (χ3n) is 6.38. The Morgan fingerprint density at radius 2 is 0.853 bits per heavy atom. The van der Waals surface area contributed by atoms with Gasteiger partial charge in [-0.3, -0.25) is 0 Å². The molecule has 0 heterocycles. The van der Waals surface area contributed by atoms with Crippen LogP contribution < -0.4 is 0 Å². The minimum atomic E-state index is -1.60. The maximum absolute atomic E-state index is 12.2. The van der Waals surface area contributed by atoms with Crippen LogP contribution in [0.2, 0.25) is 0 Å². The van der Waals surface area contributed by atoms with Crippen LogP contribution in [0.4, 0.5) is 0 Å². The molecular formula is C32H24O2. The molecule has 164 valence electrons. The van der Waals surface area contributed by atoms with Gasteiger partial charge in [-0.2, -0.15) is 0 Å². The molecule has 34 heavy (non-hydrogen) atoms. The second kappa shape index (κ2) is 8.36. The Balaban J connectivity index is 1.82. The standard InChI is InChI=1S/C32H24O2/c1-23-17-18-24(2)30-29(23)31(33,21-19-25-11-5-3-6-12-25)27-15-9-10-16-28(27)32(30,34)22-20-26-13-7-4-8-14-26/h3-18,33-34H,1-2H3. The Morgan fingerprint density at radius 1 is 0.500 bits per heavy atom. The van der Waals surface area contributed by atoms with Crippen molar-refractivity contribution < 1.29 is 10.2 Å². The quantitative estimate of drug-likeness (QED) is 0.370. The SMILES string of the molecule is Cc1ccc(C)c2c1C(O)(C#Cc1ccccc1)c1ccccc1C2(O)C#Cc1ccccc1. The number of hydrogen-bond donors (Lipinski definition) is 2. The molecule has 2 atom stereocenters. The molecule has 0 radical (unpaired) electrons. The predicted molar refractivity (Wildman–Crippen MR) is 135 cm³/mol. The van der Waals surface area contributed by atoms with Crippen LogP contribution in [0, 0.1) is 37.5 Å². The third kappa shape index (κ3) is 3.51. The summed E-state index contributed by atoms with van der Waals surface area (Å²) in [6.07, 6.45) is 0. The Hall–Kier alpha value is -4.08. The molecule has 0 aliphatic heterocycles. The largest absolute Gasteiger partial charge is 0.369 e. The summed E-state index contributed by atoms with van der Waals surface area (Å²) in [4.78, 5) is 0. The molecule has 0 fully saturated rings. The molecule has 2 heteroatoms. The minimum absolute atomic E-state index is 0.546. The van der Waals surface area contributed by atoms with Crippen LogP contribution in [0.5, 0.6) is 0 Å². The fourth-order valence-electron chi connectivity index (χ4n) is 4.75. The van der Waals surface area contributed by atoms with Crippen LogP contribution in [-0.2, 0) is 11.2 Å². The van der Waals surface area contributed by atoms with Gasteiger partial charge in [0.25, 0.3) is 0 Å². The van der Waals surface area contributed by atoms with Crippen LogP contribution in [0.15, 0.2) is 97.1 Å². The summed E-state index contributed by atoms with van der Waals surface area (Å²) >= 11 is 0. The zero-order valence-corrected chi connectivity index (χ0v) is 19.1. The van der Waals surface area contributed by atoms with Crippen molar-refractivity contribution in [1.82, 2.24) is 0 Å². The van der Waals surface area contributed by atoms with Gasteiger partial charge in [0.2, 0.25) is 0 Å². The van der Waals surface area contributed by atoms with Crippen molar-refractivity contribution in [3.8, 4) is 23.7 Å². The average molecular weight is 441 g/mol. The molecule has 2 unspecified atom stereocenters. The van der Waals surface area contributed by atoms with Gasteiger partial charge in [0.15, 0.2) is 11.2 Å². The molecule has 4 aromatic carbocycles. The number of aliphatic hydroxyl groups is 2. The number of benzene rings is 4. The van der Waals surface area contributed by atoms with Gasteiger partial charge in [0, 0.05) is 33.4 Å². The summed E-state index contributed by atoms with van der Waals surface area (Å²) in [6.45, 7) is 3.87. The van der Waals surface area contributed by atoms with E-state index in [1.807, 2.05) is 111 Å². The summed E-state index contributed by atoms with van der Waals surface area (Å²) < 4.78 is 0. The van der Waals surface area contributed by atoms with Gasteiger partial charge in [-0.25, -0.2) is 0 Å². The monoisotopic (exact) mass is 440 g/mol. The summed E-state index contributed by atoms with van der Waals surface area (Å²) in [5, 5.41) is 24.5. The lowest BCUT2D eigenvalue weighted by Crippen LogP contribution is -2.43. The molecule has 0 bridgehead atoms. The normalized spacial score (nSPS) is 20.1. The molecule has 4 aromatic rings. The molecule has 0 saturated carbocycles. The first kappa shape index (κ1) is 21.7. The van der Waals surface area contributed by atoms with E-state index in [1.54, 1.807) is 0 Å². The molecule has 0 aromatic heterocycles. The van der Waals surface area contributed by atoms with E-state index >= 15 is 0 Å². The van der Waals surface area contributed by atoms with Gasteiger partial charge in [-0.05, 0) is 49.2 Å². The van der Waals surface area contributed by atoms with Crippen molar-refractivity contribution in [3.63, 3.8) is 0 Å². The zero-order chi connectivity index (χ0) is 23.8. The Morgan fingerprint density at radius 3 is 1.24 bits per heavy atom. The maximum Gasteiger partial charge on any atom is 0.178 e. The highest BCUT2D eigenvalue weighted by Gasteiger charge is 2.49. The first-order valence-electron chi connectivity index (χ1n) is 11.3. The van der Waals surface area contributed by atoms with Gasteiger partial charge < -0.3 is 10.2 Å². The van der Waals surface area contributed by atoms with Gasteiger partial charge in [-0.1, -0.05) is 96.5 Å². The first-order valence-corrected chi connectivity index (χ1v) is 11.3. The van der Waals surface area contributed by atoms with E-state index in [-0.39, 0.29) is 0 Å². The van der Waals surface area contributed by atoms with Crippen molar-refractivity contribution in [1.29, 1.82) is 0 Å². The second-order valence-electron chi connectivity index (χ2n) is 8.65. The lowest BCUT2D eigenvalue weighted by molar-refractivity contribution is 0.0933. The molecule has 5 rings (SSSR count).